The molecular formula is C4H6N2O4. The number of hydrogen-bond acceptors (Lipinski definition) is 4. The van der Waals surface area contributed by atoms with Gasteiger partial charge in [0.2, 0.25) is 0 Å². The second-order valence-electron chi connectivity index (χ2n) is 1.68. The number of ether oxygens (including phenoxy) is 1. The average molecular weight is 146 g/mol. The van der Waals surface area contributed by atoms with Gasteiger partial charge in [-0.3, -0.25) is 5.21 Å². The molecule has 10 heavy (non-hydrogen) atoms. The molecule has 0 saturated carbocycles. The van der Waals surface area contributed by atoms with Crippen LogP contribution in [0.3, 0.4) is 0 Å². The highest BCUT2D eigenvalue weighted by Crippen LogP contribution is 2.01. The van der Waals surface area contributed by atoms with Crippen LogP contribution in [0.4, 0.5) is 9.59 Å². The fourth-order valence-corrected chi connectivity index (χ4v) is 0.638. The van der Waals surface area contributed by atoms with Crippen molar-refractivity contribution in [1.82, 2.24) is 10.4 Å². The number of hydrogen-bond donors (Lipinski definition) is 2. The summed E-state index contributed by atoms with van der Waals surface area (Å²) in [5.74, 6) is 0. The van der Waals surface area contributed by atoms with Gasteiger partial charge in [0, 0.05) is 0 Å². The molecule has 1 saturated heterocycles. The van der Waals surface area contributed by atoms with E-state index in [9.17, 15) is 9.59 Å². The molecule has 0 atom stereocenters. The van der Waals surface area contributed by atoms with Gasteiger partial charge in [0.25, 0.3) is 0 Å². The molecule has 0 unspecified atom stereocenters. The van der Waals surface area contributed by atoms with Gasteiger partial charge in [-0.1, -0.05) is 0 Å². The minimum atomic E-state index is -0.859. The summed E-state index contributed by atoms with van der Waals surface area (Å²) < 4.78 is 4.40. The molecule has 0 spiro atoms. The fraction of sp³-hybridized carbons (Fsp3) is 0.500. The molecule has 1 heterocycles. The van der Waals surface area contributed by atoms with Gasteiger partial charge >= 0.3 is 12.1 Å². The Labute approximate surface area is 56.3 Å². The summed E-state index contributed by atoms with van der Waals surface area (Å²) >= 11 is 0. The van der Waals surface area contributed by atoms with E-state index in [0.717, 1.165) is 4.90 Å². The summed E-state index contributed by atoms with van der Waals surface area (Å²) in [6.07, 6.45) is -0.730. The van der Waals surface area contributed by atoms with Crippen LogP contribution in [0, 0.1) is 0 Å². The Morgan fingerprint density at radius 1 is 1.80 bits per heavy atom. The van der Waals surface area contributed by atoms with E-state index in [1.54, 1.807) is 0 Å². The van der Waals surface area contributed by atoms with Crippen molar-refractivity contribution in [2.75, 3.05) is 13.2 Å². The van der Waals surface area contributed by atoms with Crippen molar-refractivity contribution in [1.29, 1.82) is 0 Å². The standard InChI is InChI=1S/C4H6N2O4/c7-3(5-9)6-1-2-10-4(6)8/h9H,1-2H2,(H,5,7). The smallest absolute Gasteiger partial charge is 0.418 e. The van der Waals surface area contributed by atoms with Gasteiger partial charge in [0.15, 0.2) is 0 Å². The highest BCUT2D eigenvalue weighted by molar-refractivity contribution is 5.91. The Bertz CT molecular complexity index is 169. The van der Waals surface area contributed by atoms with Crippen molar-refractivity contribution < 1.29 is 19.5 Å². The molecule has 1 rings (SSSR count). The van der Waals surface area contributed by atoms with Crippen molar-refractivity contribution in [3.8, 4) is 0 Å². The number of imide groups is 1. The maximum atomic E-state index is 10.5. The molecule has 0 aromatic heterocycles. The third-order valence-corrected chi connectivity index (χ3v) is 1.10. The molecule has 0 aromatic rings. The van der Waals surface area contributed by atoms with Gasteiger partial charge in [0.1, 0.15) is 6.61 Å². The zero-order valence-electron chi connectivity index (χ0n) is 5.03. The first kappa shape index (κ1) is 6.81. The number of carbonyl (C=O) groups is 2. The number of urea groups is 1. The van der Waals surface area contributed by atoms with Crippen molar-refractivity contribution in [2.24, 2.45) is 0 Å². The summed E-state index contributed by atoms with van der Waals surface area (Å²) in [6.45, 7) is 0.373. The van der Waals surface area contributed by atoms with E-state index >= 15 is 0 Å². The summed E-state index contributed by atoms with van der Waals surface area (Å²) in [5.41, 5.74) is 1.32. The first-order chi connectivity index (χ1) is 4.75. The van der Waals surface area contributed by atoms with Gasteiger partial charge in [-0.15, -0.1) is 0 Å². The Balaban J connectivity index is 2.55. The lowest BCUT2D eigenvalue weighted by molar-refractivity contribution is 0.129. The lowest BCUT2D eigenvalue weighted by Crippen LogP contribution is -2.38. The van der Waals surface area contributed by atoms with Gasteiger partial charge < -0.3 is 4.74 Å². The predicted molar refractivity (Wildman–Crippen MR) is 28.4 cm³/mol. The average Bonchev–Trinajstić information content (AvgIpc) is 2.34. The first-order valence-corrected chi connectivity index (χ1v) is 2.64. The molecular weight excluding hydrogens is 140 g/mol. The number of hydroxylamine groups is 1. The van der Waals surface area contributed by atoms with Crippen LogP contribution in [-0.4, -0.2) is 35.4 Å². The van der Waals surface area contributed by atoms with E-state index in [1.807, 2.05) is 0 Å². The molecule has 0 aromatic carbocycles. The first-order valence-electron chi connectivity index (χ1n) is 2.64. The van der Waals surface area contributed by atoms with Crippen LogP contribution in [0.1, 0.15) is 0 Å². The molecule has 0 radical (unpaired) electrons. The minimum absolute atomic E-state index is 0.186. The Kier molecular flexibility index (Phi) is 1.72. The Hall–Kier alpha value is -1.30. The SMILES string of the molecule is O=C(NO)N1CCOC1=O. The van der Waals surface area contributed by atoms with Crippen molar-refractivity contribution in [3.05, 3.63) is 0 Å². The normalized spacial score (nSPS) is 16.9. The fourth-order valence-electron chi connectivity index (χ4n) is 0.638. The van der Waals surface area contributed by atoms with E-state index in [4.69, 9.17) is 5.21 Å². The lowest BCUT2D eigenvalue weighted by Gasteiger charge is -2.06. The molecule has 56 valence electrons. The largest absolute Gasteiger partial charge is 0.447 e. The van der Waals surface area contributed by atoms with Gasteiger partial charge in [-0.05, 0) is 0 Å². The third-order valence-electron chi connectivity index (χ3n) is 1.10. The summed E-state index contributed by atoms with van der Waals surface area (Å²) in [4.78, 5) is 21.8. The molecule has 0 aliphatic carbocycles. The molecule has 1 fully saturated rings. The number of nitrogens with zero attached hydrogens (tertiary/aromatic N) is 1. The quantitative estimate of drug-likeness (QED) is 0.358. The van der Waals surface area contributed by atoms with E-state index < -0.39 is 12.1 Å². The molecule has 2 N–H and O–H groups in total. The number of cyclic esters (lactones) is 1. The molecule has 3 amide bonds. The molecule has 0 bridgehead atoms. The van der Waals surface area contributed by atoms with Crippen LogP contribution in [-0.2, 0) is 4.74 Å². The predicted octanol–water partition coefficient (Wildman–Crippen LogP) is -0.463. The van der Waals surface area contributed by atoms with Crippen LogP contribution < -0.4 is 5.48 Å². The highest BCUT2D eigenvalue weighted by atomic mass is 16.6. The maximum absolute atomic E-state index is 10.5. The molecule has 1 aliphatic rings. The highest BCUT2D eigenvalue weighted by Gasteiger charge is 2.27. The number of rotatable bonds is 0. The second-order valence-corrected chi connectivity index (χ2v) is 1.68. The van der Waals surface area contributed by atoms with Crippen LogP contribution in [0.2, 0.25) is 0 Å². The maximum Gasteiger partial charge on any atom is 0.418 e. The monoisotopic (exact) mass is 146 g/mol. The van der Waals surface area contributed by atoms with Crippen molar-refractivity contribution >= 4 is 12.1 Å². The number of carbonyl (C=O) groups excluding carboxylic acids is 2. The van der Waals surface area contributed by atoms with E-state index in [0.29, 0.717) is 0 Å². The summed E-state index contributed by atoms with van der Waals surface area (Å²) in [5, 5.41) is 8.06. The van der Waals surface area contributed by atoms with Gasteiger partial charge in [0.05, 0.1) is 6.54 Å². The molecule has 1 aliphatic heterocycles. The van der Waals surface area contributed by atoms with Crippen LogP contribution >= 0.6 is 0 Å². The number of amides is 3. The van der Waals surface area contributed by atoms with Crippen LogP contribution in [0.5, 0.6) is 0 Å². The zero-order chi connectivity index (χ0) is 7.56. The number of nitrogens with one attached hydrogen (secondary N) is 1. The molecule has 6 nitrogen and oxygen atoms in total. The summed E-state index contributed by atoms with van der Waals surface area (Å²) in [6, 6.07) is -0.859. The second kappa shape index (κ2) is 2.53. The van der Waals surface area contributed by atoms with Crippen LogP contribution in [0.15, 0.2) is 0 Å². The van der Waals surface area contributed by atoms with E-state index in [2.05, 4.69) is 4.74 Å². The topological polar surface area (TPSA) is 78.9 Å². The van der Waals surface area contributed by atoms with Gasteiger partial charge in [-0.2, -0.15) is 0 Å². The Morgan fingerprint density at radius 3 is 2.90 bits per heavy atom. The van der Waals surface area contributed by atoms with Gasteiger partial charge in [-0.25, -0.2) is 20.0 Å². The van der Waals surface area contributed by atoms with Crippen molar-refractivity contribution in [2.45, 2.75) is 0 Å². The molecule has 6 heteroatoms. The minimum Gasteiger partial charge on any atom is -0.447 e. The third kappa shape index (κ3) is 1.01. The lowest BCUT2D eigenvalue weighted by atomic mass is 10.6. The summed E-state index contributed by atoms with van der Waals surface area (Å²) in [7, 11) is 0. The van der Waals surface area contributed by atoms with Crippen molar-refractivity contribution in [3.63, 3.8) is 0 Å². The van der Waals surface area contributed by atoms with E-state index in [1.165, 1.54) is 5.48 Å². The van der Waals surface area contributed by atoms with Crippen LogP contribution in [0.25, 0.3) is 0 Å². The van der Waals surface area contributed by atoms with E-state index in [-0.39, 0.29) is 13.2 Å². The zero-order valence-corrected chi connectivity index (χ0v) is 5.03. The Morgan fingerprint density at radius 2 is 2.50 bits per heavy atom.